The zero-order chi connectivity index (χ0) is 12.0. The molecule has 0 radical (unpaired) electrons. The van der Waals surface area contributed by atoms with E-state index in [0.29, 0.717) is 0 Å². The number of nitrogens with one attached hydrogen (secondary N) is 1. The lowest BCUT2D eigenvalue weighted by Crippen LogP contribution is -2.24. The molecule has 0 unspecified atom stereocenters. The number of aromatic nitrogens is 2. The number of carbonyl (C=O) groups is 2. The quantitative estimate of drug-likeness (QED) is 0.813. The highest BCUT2D eigenvalue weighted by Gasteiger charge is 2.28. The number of halogens is 1. The number of ketones is 1. The number of benzene rings is 1. The highest BCUT2D eigenvalue weighted by molar-refractivity contribution is 9.10. The first kappa shape index (κ1) is 10.5. The van der Waals surface area contributed by atoms with Crippen molar-refractivity contribution in [3.8, 4) is 0 Å². The van der Waals surface area contributed by atoms with E-state index < -0.39 is 0 Å². The van der Waals surface area contributed by atoms with Gasteiger partial charge in [0.15, 0.2) is 5.78 Å². The van der Waals surface area contributed by atoms with Gasteiger partial charge in [0.1, 0.15) is 4.60 Å². The predicted molar refractivity (Wildman–Crippen MR) is 65.8 cm³/mol. The minimum atomic E-state index is -0.144. The Labute approximate surface area is 105 Å². The first-order chi connectivity index (χ1) is 8.15. The number of carbonyl (C=O) groups excluding carboxylic acids is 2. The van der Waals surface area contributed by atoms with E-state index in [2.05, 4.69) is 26.1 Å². The van der Waals surface area contributed by atoms with Crippen molar-refractivity contribution in [2.75, 3.05) is 11.4 Å². The molecule has 3 rings (SSSR count). The van der Waals surface area contributed by atoms with Crippen LogP contribution >= 0.6 is 15.9 Å². The Morgan fingerprint density at radius 1 is 1.35 bits per heavy atom. The number of anilines is 1. The molecule has 1 aliphatic rings. The van der Waals surface area contributed by atoms with Crippen molar-refractivity contribution < 1.29 is 9.59 Å². The second kappa shape index (κ2) is 3.66. The summed E-state index contributed by atoms with van der Waals surface area (Å²) in [5.74, 6) is -0.185. The summed E-state index contributed by atoms with van der Waals surface area (Å²) in [5.41, 5.74) is 1.55. The van der Waals surface area contributed by atoms with E-state index in [9.17, 15) is 9.59 Å². The molecule has 1 aromatic carbocycles. The molecule has 0 spiro atoms. The largest absolute Gasteiger partial charge is 0.305 e. The van der Waals surface area contributed by atoms with Crippen molar-refractivity contribution in [1.29, 1.82) is 0 Å². The molecule has 1 fully saturated rings. The van der Waals surface area contributed by atoms with E-state index in [1.165, 1.54) is 4.90 Å². The summed E-state index contributed by atoms with van der Waals surface area (Å²) < 4.78 is 0.771. The third-order valence-corrected chi connectivity index (χ3v) is 3.39. The van der Waals surface area contributed by atoms with Gasteiger partial charge >= 0.3 is 0 Å². The van der Waals surface area contributed by atoms with E-state index in [4.69, 9.17) is 0 Å². The first-order valence-corrected chi connectivity index (χ1v) is 5.90. The van der Waals surface area contributed by atoms with Crippen LogP contribution in [0, 0.1) is 0 Å². The van der Waals surface area contributed by atoms with Gasteiger partial charge in [0.2, 0.25) is 5.91 Å². The van der Waals surface area contributed by atoms with Gasteiger partial charge < -0.3 is 4.90 Å². The monoisotopic (exact) mass is 293 g/mol. The topological polar surface area (TPSA) is 66.1 Å². The molecule has 0 aliphatic carbocycles. The van der Waals surface area contributed by atoms with E-state index in [1.807, 2.05) is 12.1 Å². The first-order valence-electron chi connectivity index (χ1n) is 5.11. The Hall–Kier alpha value is -1.69. The fourth-order valence-corrected chi connectivity index (χ4v) is 2.36. The number of hydrogen-bond acceptors (Lipinski definition) is 3. The number of H-pyrrole nitrogens is 1. The van der Waals surface area contributed by atoms with E-state index in [-0.39, 0.29) is 24.7 Å². The Bertz CT molecular complexity index is 635. The summed E-state index contributed by atoms with van der Waals surface area (Å²) in [7, 11) is 0. The molecule has 1 N–H and O–H groups in total. The number of fused-ring (bicyclic) bond motifs is 1. The lowest BCUT2D eigenvalue weighted by atomic mass is 10.2. The summed E-state index contributed by atoms with van der Waals surface area (Å²) in [6.07, 6.45) is 0.00456. The maximum atomic E-state index is 11.6. The molecule has 6 heteroatoms. The Balaban J connectivity index is 2.08. The second-order valence-electron chi connectivity index (χ2n) is 3.93. The van der Waals surface area contributed by atoms with E-state index >= 15 is 0 Å². The van der Waals surface area contributed by atoms with Crippen molar-refractivity contribution in [2.24, 2.45) is 0 Å². The lowest BCUT2D eigenvalue weighted by molar-refractivity contribution is -0.121. The molecule has 2 aromatic rings. The average molecular weight is 294 g/mol. The van der Waals surface area contributed by atoms with Crippen molar-refractivity contribution >= 4 is 44.2 Å². The summed E-state index contributed by atoms with van der Waals surface area (Å²) in [6.45, 7) is 0.166. The SMILES string of the molecule is O=C1CC(=O)N(c2ccc3n[nH]c(Br)c3c2)C1. The lowest BCUT2D eigenvalue weighted by Gasteiger charge is -2.14. The molecule has 5 nitrogen and oxygen atoms in total. The third-order valence-electron chi connectivity index (χ3n) is 2.79. The van der Waals surface area contributed by atoms with Gasteiger partial charge in [-0.1, -0.05) is 0 Å². The fraction of sp³-hybridized carbons (Fsp3) is 0.182. The zero-order valence-electron chi connectivity index (χ0n) is 8.74. The molecule has 1 saturated heterocycles. The number of hydrogen-bond donors (Lipinski definition) is 1. The standard InChI is InChI=1S/C11H8BrN3O2/c12-11-8-3-6(1-2-9(8)13-14-11)15-5-7(16)4-10(15)17/h1-3H,4-5H2,(H,13,14). The van der Waals surface area contributed by atoms with Crippen LogP contribution in [0.4, 0.5) is 5.69 Å². The van der Waals surface area contributed by atoms with Crippen molar-refractivity contribution in [1.82, 2.24) is 10.2 Å². The maximum Gasteiger partial charge on any atom is 0.234 e. The van der Waals surface area contributed by atoms with Gasteiger partial charge in [-0.2, -0.15) is 5.10 Å². The molecule has 1 amide bonds. The van der Waals surface area contributed by atoms with Crippen LogP contribution in [0.25, 0.3) is 10.9 Å². The van der Waals surface area contributed by atoms with Crippen LogP contribution in [-0.2, 0) is 9.59 Å². The predicted octanol–water partition coefficient (Wildman–Crippen LogP) is 1.63. The van der Waals surface area contributed by atoms with Gasteiger partial charge in [0.05, 0.1) is 18.5 Å². The number of Topliss-reactive ketones (excluding diaryl/α,β-unsaturated/α-hetero) is 1. The Morgan fingerprint density at radius 2 is 2.18 bits per heavy atom. The molecule has 0 atom stereocenters. The van der Waals surface area contributed by atoms with Crippen molar-refractivity contribution in [3.05, 3.63) is 22.8 Å². The van der Waals surface area contributed by atoms with Crippen LogP contribution < -0.4 is 4.90 Å². The highest BCUT2D eigenvalue weighted by atomic mass is 79.9. The Kier molecular flexibility index (Phi) is 2.25. The van der Waals surface area contributed by atoms with Crippen molar-refractivity contribution in [3.63, 3.8) is 0 Å². The smallest absolute Gasteiger partial charge is 0.234 e. The summed E-state index contributed by atoms with van der Waals surface area (Å²) in [5, 5.41) is 7.79. The van der Waals surface area contributed by atoms with Crippen LogP contribution in [0.2, 0.25) is 0 Å². The summed E-state index contributed by atoms with van der Waals surface area (Å²) >= 11 is 3.35. The van der Waals surface area contributed by atoms with Crippen LogP contribution in [0.3, 0.4) is 0 Å². The molecular formula is C11H8BrN3O2. The second-order valence-corrected chi connectivity index (χ2v) is 4.73. The molecular weight excluding hydrogens is 286 g/mol. The normalized spacial score (nSPS) is 16.2. The third kappa shape index (κ3) is 1.64. The number of rotatable bonds is 1. The van der Waals surface area contributed by atoms with E-state index in [1.54, 1.807) is 6.07 Å². The van der Waals surface area contributed by atoms with Gasteiger partial charge in [-0.05, 0) is 34.1 Å². The number of aromatic amines is 1. The van der Waals surface area contributed by atoms with Crippen molar-refractivity contribution in [2.45, 2.75) is 6.42 Å². The van der Waals surface area contributed by atoms with E-state index in [0.717, 1.165) is 21.2 Å². The van der Waals surface area contributed by atoms with Crippen LogP contribution in [0.5, 0.6) is 0 Å². The Morgan fingerprint density at radius 3 is 2.88 bits per heavy atom. The minimum Gasteiger partial charge on any atom is -0.305 e. The average Bonchev–Trinajstić information content (AvgIpc) is 2.83. The summed E-state index contributed by atoms with van der Waals surface area (Å²) in [4.78, 5) is 24.3. The molecule has 1 aliphatic heterocycles. The number of amides is 1. The van der Waals surface area contributed by atoms with Gasteiger partial charge in [0, 0.05) is 11.1 Å². The van der Waals surface area contributed by atoms with Gasteiger partial charge in [-0.15, -0.1) is 0 Å². The summed E-state index contributed by atoms with van der Waals surface area (Å²) in [6, 6.07) is 5.47. The minimum absolute atomic E-state index is 0.00456. The molecule has 0 bridgehead atoms. The zero-order valence-corrected chi connectivity index (χ0v) is 10.3. The molecule has 2 heterocycles. The number of nitrogens with zero attached hydrogens (tertiary/aromatic N) is 2. The van der Waals surface area contributed by atoms with Gasteiger partial charge in [-0.3, -0.25) is 14.7 Å². The molecule has 0 saturated carbocycles. The highest BCUT2D eigenvalue weighted by Crippen LogP contribution is 2.27. The van der Waals surface area contributed by atoms with Gasteiger partial charge in [-0.25, -0.2) is 0 Å². The van der Waals surface area contributed by atoms with Crippen LogP contribution in [-0.4, -0.2) is 28.4 Å². The van der Waals surface area contributed by atoms with Crippen LogP contribution in [0.15, 0.2) is 22.8 Å². The maximum absolute atomic E-state index is 11.6. The molecule has 1 aromatic heterocycles. The molecule has 86 valence electrons. The molecule has 17 heavy (non-hydrogen) atoms. The van der Waals surface area contributed by atoms with Gasteiger partial charge in [0.25, 0.3) is 0 Å². The van der Waals surface area contributed by atoms with Crippen LogP contribution in [0.1, 0.15) is 6.42 Å². The fourth-order valence-electron chi connectivity index (χ4n) is 1.95.